The van der Waals surface area contributed by atoms with Crippen LogP contribution < -0.4 is 16.7 Å². The molecule has 0 aliphatic carbocycles. The number of fused-ring (bicyclic) bond motifs is 1. The Balaban J connectivity index is 1.62. The Morgan fingerprint density at radius 1 is 1.12 bits per heavy atom. The second-order valence-electron chi connectivity index (χ2n) is 6.91. The standard InChI is InChI=1S/C22H16ClN7O2S/c23-20-12-18(8-7-17(20)13-25)27-29-14-22(26)30(28-29)33(31,32)21-5-1-4-16-11-15(3-2-10-24)6-9-19(16)21/h1-9,11-12,14,27-28H,26H2. The van der Waals surface area contributed by atoms with Crippen molar-refractivity contribution in [2.45, 2.75) is 4.90 Å². The Hall–Kier alpha value is -4.22. The molecule has 3 aromatic rings. The van der Waals surface area contributed by atoms with E-state index in [9.17, 15) is 8.42 Å². The van der Waals surface area contributed by atoms with E-state index in [-0.39, 0.29) is 15.7 Å². The zero-order chi connectivity index (χ0) is 23.6. The SMILES string of the molecule is N#CC=Cc1ccc2c(S(=O)(=O)N3NN(Nc4ccc(C#N)c(Cl)c4)C=C3N)cccc2c1. The van der Waals surface area contributed by atoms with E-state index < -0.39 is 10.0 Å². The summed E-state index contributed by atoms with van der Waals surface area (Å²) in [6, 6.07) is 18.7. The summed E-state index contributed by atoms with van der Waals surface area (Å²) in [7, 11) is -4.08. The molecule has 4 N–H and O–H groups in total. The normalized spacial score (nSPS) is 13.7. The Morgan fingerprint density at radius 3 is 2.67 bits per heavy atom. The number of allylic oxidation sites excluding steroid dienone is 1. The van der Waals surface area contributed by atoms with Crippen molar-refractivity contribution in [2.24, 2.45) is 5.73 Å². The van der Waals surface area contributed by atoms with Crippen molar-refractivity contribution in [3.8, 4) is 12.1 Å². The van der Waals surface area contributed by atoms with Crippen molar-refractivity contribution in [1.82, 2.24) is 15.1 Å². The summed E-state index contributed by atoms with van der Waals surface area (Å²) in [5.41, 5.74) is 13.2. The molecule has 0 unspecified atom stereocenters. The van der Waals surface area contributed by atoms with Crippen LogP contribution in [0.3, 0.4) is 0 Å². The van der Waals surface area contributed by atoms with Gasteiger partial charge in [0.05, 0.1) is 33.4 Å². The predicted molar refractivity (Wildman–Crippen MR) is 125 cm³/mol. The first kappa shape index (κ1) is 22.0. The van der Waals surface area contributed by atoms with Crippen LogP contribution in [0.4, 0.5) is 5.69 Å². The molecule has 9 nitrogen and oxygen atoms in total. The van der Waals surface area contributed by atoms with Crippen LogP contribution in [0.1, 0.15) is 11.1 Å². The number of hydrogen-bond donors (Lipinski definition) is 3. The average molecular weight is 478 g/mol. The minimum atomic E-state index is -4.08. The number of rotatable bonds is 5. The minimum Gasteiger partial charge on any atom is -0.382 e. The first-order chi connectivity index (χ1) is 15.8. The lowest BCUT2D eigenvalue weighted by Crippen LogP contribution is -2.47. The summed E-state index contributed by atoms with van der Waals surface area (Å²) in [5.74, 6) is -0.0622. The number of nitrogens with two attached hydrogens (primary N) is 1. The van der Waals surface area contributed by atoms with Gasteiger partial charge in [-0.15, -0.1) is 5.53 Å². The summed E-state index contributed by atoms with van der Waals surface area (Å²) in [6.07, 6.45) is 4.35. The molecule has 1 aliphatic rings. The maximum Gasteiger partial charge on any atom is 0.281 e. The Kier molecular flexibility index (Phi) is 5.82. The van der Waals surface area contributed by atoms with Gasteiger partial charge in [-0.3, -0.25) is 5.43 Å². The first-order valence-corrected chi connectivity index (χ1v) is 11.3. The molecule has 3 aromatic carbocycles. The number of sulfonamides is 1. The van der Waals surface area contributed by atoms with Gasteiger partial charge in [0.15, 0.2) is 5.82 Å². The highest BCUT2D eigenvalue weighted by molar-refractivity contribution is 7.89. The van der Waals surface area contributed by atoms with Crippen molar-refractivity contribution in [2.75, 3.05) is 5.43 Å². The van der Waals surface area contributed by atoms with E-state index in [0.29, 0.717) is 22.0 Å². The van der Waals surface area contributed by atoms with Gasteiger partial charge in [-0.1, -0.05) is 35.9 Å². The topological polar surface area (TPSA) is 138 Å². The number of nitrogens with zero attached hydrogens (tertiary/aromatic N) is 4. The lowest BCUT2D eigenvalue weighted by atomic mass is 10.1. The van der Waals surface area contributed by atoms with Gasteiger partial charge in [0.25, 0.3) is 10.0 Å². The van der Waals surface area contributed by atoms with Gasteiger partial charge in [-0.2, -0.15) is 23.4 Å². The summed E-state index contributed by atoms with van der Waals surface area (Å²) in [5, 5.41) is 20.4. The molecule has 0 bridgehead atoms. The molecule has 33 heavy (non-hydrogen) atoms. The van der Waals surface area contributed by atoms with Crippen LogP contribution in [0, 0.1) is 22.7 Å². The third-order valence-electron chi connectivity index (χ3n) is 4.77. The number of hydrogen-bond acceptors (Lipinski definition) is 8. The maximum absolute atomic E-state index is 13.4. The van der Waals surface area contributed by atoms with Crippen LogP contribution in [-0.2, 0) is 10.0 Å². The number of nitrogens with one attached hydrogen (secondary N) is 2. The average Bonchev–Trinajstić information content (AvgIpc) is 3.17. The van der Waals surface area contributed by atoms with Crippen LogP contribution in [0.25, 0.3) is 16.8 Å². The molecule has 11 heteroatoms. The van der Waals surface area contributed by atoms with E-state index in [4.69, 9.17) is 27.9 Å². The van der Waals surface area contributed by atoms with Crippen LogP contribution in [-0.4, -0.2) is 17.9 Å². The second kappa shape index (κ2) is 8.73. The molecule has 1 aliphatic heterocycles. The minimum absolute atomic E-state index is 0.0583. The second-order valence-corrected chi connectivity index (χ2v) is 9.07. The molecular formula is C22H16ClN7O2S. The van der Waals surface area contributed by atoms with Crippen LogP contribution in [0.5, 0.6) is 0 Å². The number of hydrazine groups is 3. The summed E-state index contributed by atoms with van der Waals surface area (Å²) in [4.78, 5) is 0.0583. The third-order valence-corrected chi connectivity index (χ3v) is 6.76. The number of benzene rings is 3. The fourth-order valence-electron chi connectivity index (χ4n) is 3.27. The van der Waals surface area contributed by atoms with Crippen molar-refractivity contribution >= 4 is 44.2 Å². The van der Waals surface area contributed by atoms with Crippen LogP contribution >= 0.6 is 11.6 Å². The monoisotopic (exact) mass is 477 g/mol. The van der Waals surface area contributed by atoms with Crippen molar-refractivity contribution < 1.29 is 8.42 Å². The van der Waals surface area contributed by atoms with Crippen molar-refractivity contribution in [1.29, 1.82) is 10.5 Å². The van der Waals surface area contributed by atoms with E-state index >= 15 is 0 Å². The van der Waals surface area contributed by atoms with E-state index in [1.165, 1.54) is 29.5 Å². The van der Waals surface area contributed by atoms with Gasteiger partial charge in [0, 0.05) is 11.5 Å². The summed E-state index contributed by atoms with van der Waals surface area (Å²) >= 11 is 6.05. The van der Waals surface area contributed by atoms with Crippen molar-refractivity contribution in [3.63, 3.8) is 0 Å². The zero-order valence-electron chi connectivity index (χ0n) is 16.9. The quantitative estimate of drug-likeness (QED) is 0.475. The molecule has 0 radical (unpaired) electrons. The van der Waals surface area contributed by atoms with Gasteiger partial charge in [0.1, 0.15) is 6.07 Å². The predicted octanol–water partition coefficient (Wildman–Crippen LogP) is 3.41. The summed E-state index contributed by atoms with van der Waals surface area (Å²) in [6.45, 7) is 0. The highest BCUT2D eigenvalue weighted by Crippen LogP contribution is 2.29. The fourth-order valence-corrected chi connectivity index (χ4v) is 4.92. The van der Waals surface area contributed by atoms with Gasteiger partial charge in [-0.05, 0) is 47.4 Å². The lowest BCUT2D eigenvalue weighted by Gasteiger charge is -2.24. The zero-order valence-corrected chi connectivity index (χ0v) is 18.5. The molecule has 0 atom stereocenters. The molecule has 0 aromatic heterocycles. The Morgan fingerprint density at radius 2 is 1.94 bits per heavy atom. The Bertz CT molecular complexity index is 1500. The lowest BCUT2D eigenvalue weighted by molar-refractivity contribution is 0.230. The van der Waals surface area contributed by atoms with E-state index in [2.05, 4.69) is 11.0 Å². The van der Waals surface area contributed by atoms with Gasteiger partial charge in [-0.25, -0.2) is 5.12 Å². The molecule has 0 spiro atoms. The number of nitriles is 2. The molecule has 164 valence electrons. The Labute approximate surface area is 195 Å². The molecule has 1 heterocycles. The molecule has 0 saturated carbocycles. The molecular weight excluding hydrogens is 462 g/mol. The van der Waals surface area contributed by atoms with E-state index in [1.54, 1.807) is 48.5 Å². The molecule has 0 fully saturated rings. The van der Waals surface area contributed by atoms with Gasteiger partial charge < -0.3 is 5.73 Å². The molecule has 0 saturated heterocycles. The van der Waals surface area contributed by atoms with E-state index in [1.807, 2.05) is 12.1 Å². The van der Waals surface area contributed by atoms with Gasteiger partial charge >= 0.3 is 0 Å². The highest BCUT2D eigenvalue weighted by atomic mass is 35.5. The largest absolute Gasteiger partial charge is 0.382 e. The molecule has 4 rings (SSSR count). The van der Waals surface area contributed by atoms with E-state index in [0.717, 1.165) is 9.98 Å². The number of anilines is 1. The molecule has 0 amide bonds. The van der Waals surface area contributed by atoms with Crippen LogP contribution in [0.2, 0.25) is 5.02 Å². The summed E-state index contributed by atoms with van der Waals surface area (Å²) < 4.78 is 27.7. The fraction of sp³-hybridized carbons (Fsp3) is 0. The number of halogens is 1. The highest BCUT2D eigenvalue weighted by Gasteiger charge is 2.32. The first-order valence-electron chi connectivity index (χ1n) is 9.47. The maximum atomic E-state index is 13.4. The smallest absolute Gasteiger partial charge is 0.281 e. The third kappa shape index (κ3) is 4.27. The van der Waals surface area contributed by atoms with Crippen LogP contribution in [0.15, 0.2) is 77.6 Å². The van der Waals surface area contributed by atoms with Crippen molar-refractivity contribution in [3.05, 3.63) is 88.8 Å². The van der Waals surface area contributed by atoms with Gasteiger partial charge in [0.2, 0.25) is 0 Å².